The van der Waals surface area contributed by atoms with E-state index in [1.807, 2.05) is 5.38 Å². The molecule has 0 spiro atoms. The molecule has 0 aliphatic rings. The van der Waals surface area contributed by atoms with Gasteiger partial charge < -0.3 is 0 Å². The smallest absolute Gasteiger partial charge is 0.184 e. The summed E-state index contributed by atoms with van der Waals surface area (Å²) in [4.78, 5) is 9.09. The monoisotopic (exact) mass is 202 g/mol. The van der Waals surface area contributed by atoms with E-state index in [1.165, 1.54) is 11.3 Å². The first-order chi connectivity index (χ1) is 5.36. The highest BCUT2D eigenvalue weighted by Crippen LogP contribution is 2.29. The zero-order valence-electron chi connectivity index (χ0n) is 5.32. The third-order valence-corrected chi connectivity index (χ3v) is 3.18. The Hall–Kier alpha value is -0.450. The number of thiazole rings is 2. The first-order valence-electron chi connectivity index (χ1n) is 2.87. The van der Waals surface area contributed by atoms with Gasteiger partial charge in [0.15, 0.2) is 4.47 Å². The van der Waals surface area contributed by atoms with Crippen LogP contribution < -0.4 is 0 Å². The number of nitrogens with zero attached hydrogens (tertiary/aromatic N) is 2. The quantitative estimate of drug-likeness (QED) is 0.711. The number of aromatic nitrogens is 2. The maximum Gasteiger partial charge on any atom is 0.184 e. The topological polar surface area (TPSA) is 25.8 Å². The Balaban J connectivity index is 2.45. The van der Waals surface area contributed by atoms with Crippen LogP contribution in [0.5, 0.6) is 0 Å². The number of hydrogen-bond donors (Lipinski definition) is 0. The summed E-state index contributed by atoms with van der Waals surface area (Å²) >= 11 is 8.70. The van der Waals surface area contributed by atoms with Gasteiger partial charge in [-0.05, 0) is 0 Å². The summed E-state index contributed by atoms with van der Waals surface area (Å²) in [5.41, 5.74) is 0. The lowest BCUT2D eigenvalue weighted by Crippen LogP contribution is -1.64. The van der Waals surface area contributed by atoms with Crippen molar-refractivity contribution in [2.75, 3.05) is 0 Å². The summed E-state index contributed by atoms with van der Waals surface area (Å²) in [6.45, 7) is 0. The fourth-order valence-electron chi connectivity index (χ4n) is 0.697. The molecule has 2 nitrogen and oxygen atoms in total. The Morgan fingerprint density at radius 1 is 1.36 bits per heavy atom. The van der Waals surface area contributed by atoms with Crippen molar-refractivity contribution < 1.29 is 0 Å². The predicted octanol–water partition coefficient (Wildman–Crippen LogP) is 2.92. The van der Waals surface area contributed by atoms with Gasteiger partial charge in [-0.3, -0.25) is 0 Å². The molecule has 2 aromatic rings. The van der Waals surface area contributed by atoms with Crippen LogP contribution in [-0.4, -0.2) is 9.97 Å². The molecule has 0 N–H and O–H groups in total. The van der Waals surface area contributed by atoms with Crippen LogP contribution in [0.4, 0.5) is 0 Å². The van der Waals surface area contributed by atoms with Gasteiger partial charge in [-0.15, -0.1) is 11.3 Å². The molecule has 0 bridgehead atoms. The zero-order chi connectivity index (χ0) is 7.68. The third kappa shape index (κ3) is 1.42. The van der Waals surface area contributed by atoms with Gasteiger partial charge in [0.2, 0.25) is 0 Å². The van der Waals surface area contributed by atoms with Crippen LogP contribution in [0.15, 0.2) is 17.8 Å². The summed E-state index contributed by atoms with van der Waals surface area (Å²) in [5, 5.41) is 2.91. The molecule has 5 heteroatoms. The van der Waals surface area contributed by atoms with Crippen LogP contribution >= 0.6 is 34.3 Å². The molecule has 2 heterocycles. The van der Waals surface area contributed by atoms with Gasteiger partial charge in [0.25, 0.3) is 0 Å². The predicted molar refractivity (Wildman–Crippen MR) is 48.2 cm³/mol. The first-order valence-corrected chi connectivity index (χ1v) is 4.95. The van der Waals surface area contributed by atoms with Gasteiger partial charge in [-0.2, -0.15) is 0 Å². The Morgan fingerprint density at radius 3 is 2.82 bits per heavy atom. The molecule has 0 aliphatic heterocycles. The molecule has 56 valence electrons. The molecule has 0 radical (unpaired) electrons. The zero-order valence-corrected chi connectivity index (χ0v) is 7.71. The Kier molecular flexibility index (Phi) is 1.89. The van der Waals surface area contributed by atoms with Crippen molar-refractivity contribution in [3.05, 3.63) is 22.2 Å². The van der Waals surface area contributed by atoms with E-state index >= 15 is 0 Å². The minimum Gasteiger partial charge on any atom is -0.244 e. The summed E-state index contributed by atoms with van der Waals surface area (Å²) in [5.74, 6) is 0. The standard InChI is InChI=1S/C6H3ClN2S2/c7-6-9-3-4(11-6)5-8-1-2-10-5/h1-3H. The minimum absolute atomic E-state index is 0.565. The molecular weight excluding hydrogens is 200 g/mol. The molecular formula is C6H3ClN2S2. The van der Waals surface area contributed by atoms with Crippen LogP contribution in [0.2, 0.25) is 4.47 Å². The van der Waals surface area contributed by atoms with E-state index in [4.69, 9.17) is 11.6 Å². The molecule has 0 aromatic carbocycles. The van der Waals surface area contributed by atoms with Crippen molar-refractivity contribution in [2.24, 2.45) is 0 Å². The number of hydrogen-bond acceptors (Lipinski definition) is 4. The Labute approximate surface area is 76.5 Å². The highest BCUT2D eigenvalue weighted by Gasteiger charge is 2.03. The summed E-state index contributed by atoms with van der Waals surface area (Å²) in [6.07, 6.45) is 3.51. The number of rotatable bonds is 1. The van der Waals surface area contributed by atoms with Gasteiger partial charge in [0, 0.05) is 17.8 Å². The van der Waals surface area contributed by atoms with Crippen LogP contribution in [0, 0.1) is 0 Å². The maximum absolute atomic E-state index is 5.66. The molecule has 2 rings (SSSR count). The van der Waals surface area contributed by atoms with Crippen LogP contribution in [-0.2, 0) is 0 Å². The molecule has 0 saturated carbocycles. The van der Waals surface area contributed by atoms with Crippen LogP contribution in [0.3, 0.4) is 0 Å². The van der Waals surface area contributed by atoms with Crippen molar-refractivity contribution in [1.82, 2.24) is 9.97 Å². The van der Waals surface area contributed by atoms with E-state index in [-0.39, 0.29) is 0 Å². The van der Waals surface area contributed by atoms with Crippen molar-refractivity contribution >= 4 is 34.3 Å². The van der Waals surface area contributed by atoms with Crippen molar-refractivity contribution in [1.29, 1.82) is 0 Å². The molecule has 0 unspecified atom stereocenters. The summed E-state index contributed by atoms with van der Waals surface area (Å²) < 4.78 is 0.565. The van der Waals surface area contributed by atoms with Crippen molar-refractivity contribution in [3.8, 4) is 9.88 Å². The van der Waals surface area contributed by atoms with E-state index in [9.17, 15) is 0 Å². The largest absolute Gasteiger partial charge is 0.244 e. The molecule has 0 atom stereocenters. The van der Waals surface area contributed by atoms with Gasteiger partial charge in [0.05, 0.1) is 4.88 Å². The highest BCUT2D eigenvalue weighted by molar-refractivity contribution is 7.22. The van der Waals surface area contributed by atoms with Gasteiger partial charge >= 0.3 is 0 Å². The SMILES string of the molecule is Clc1ncc(-c2nccs2)s1. The van der Waals surface area contributed by atoms with E-state index < -0.39 is 0 Å². The van der Waals surface area contributed by atoms with E-state index in [2.05, 4.69) is 9.97 Å². The summed E-state index contributed by atoms with van der Waals surface area (Å²) in [7, 11) is 0. The second kappa shape index (κ2) is 2.89. The highest BCUT2D eigenvalue weighted by atomic mass is 35.5. The molecule has 0 aliphatic carbocycles. The third-order valence-electron chi connectivity index (χ3n) is 1.12. The van der Waals surface area contributed by atoms with Gasteiger partial charge in [0.1, 0.15) is 5.01 Å². The average molecular weight is 203 g/mol. The molecule has 2 aromatic heterocycles. The van der Waals surface area contributed by atoms with Crippen molar-refractivity contribution in [2.45, 2.75) is 0 Å². The average Bonchev–Trinajstić information content (AvgIpc) is 2.55. The van der Waals surface area contributed by atoms with Crippen LogP contribution in [0.1, 0.15) is 0 Å². The molecule has 0 amide bonds. The second-order valence-electron chi connectivity index (χ2n) is 1.81. The lowest BCUT2D eigenvalue weighted by Gasteiger charge is -1.82. The molecule has 11 heavy (non-hydrogen) atoms. The molecule has 0 fully saturated rings. The normalized spacial score (nSPS) is 10.3. The van der Waals surface area contributed by atoms with Gasteiger partial charge in [-0.25, -0.2) is 9.97 Å². The fraction of sp³-hybridized carbons (Fsp3) is 0. The lowest BCUT2D eigenvalue weighted by atomic mass is 10.6. The van der Waals surface area contributed by atoms with Crippen molar-refractivity contribution in [3.63, 3.8) is 0 Å². The fourth-order valence-corrected chi connectivity index (χ4v) is 2.34. The number of halogens is 1. The summed E-state index contributed by atoms with van der Waals surface area (Å²) in [6, 6.07) is 0. The van der Waals surface area contributed by atoms with E-state index in [0.29, 0.717) is 4.47 Å². The van der Waals surface area contributed by atoms with E-state index in [0.717, 1.165) is 9.88 Å². The first kappa shape index (κ1) is 7.21. The maximum atomic E-state index is 5.66. The molecule has 0 saturated heterocycles. The lowest BCUT2D eigenvalue weighted by molar-refractivity contribution is 1.39. The Bertz CT molecular complexity index is 341. The minimum atomic E-state index is 0.565. The second-order valence-corrected chi connectivity index (χ2v) is 4.32. The van der Waals surface area contributed by atoms with E-state index in [1.54, 1.807) is 23.7 Å². The van der Waals surface area contributed by atoms with Crippen LogP contribution in [0.25, 0.3) is 9.88 Å². The Morgan fingerprint density at radius 2 is 2.27 bits per heavy atom. The van der Waals surface area contributed by atoms with Gasteiger partial charge in [-0.1, -0.05) is 22.9 Å².